The summed E-state index contributed by atoms with van der Waals surface area (Å²) in [4.78, 5) is 17.3. The van der Waals surface area contributed by atoms with Gasteiger partial charge in [0.25, 0.3) is 0 Å². The number of aromatic nitrogens is 1. The normalized spacial score (nSPS) is 12.8. The van der Waals surface area contributed by atoms with Gasteiger partial charge in [0.05, 0.1) is 12.1 Å². The van der Waals surface area contributed by atoms with E-state index in [2.05, 4.69) is 11.9 Å². The second-order valence-corrected chi connectivity index (χ2v) is 7.01. The van der Waals surface area contributed by atoms with Crippen LogP contribution in [0.1, 0.15) is 13.3 Å². The molecule has 2 aromatic carbocycles. The molecule has 6 nitrogen and oxygen atoms in total. The van der Waals surface area contributed by atoms with Crippen molar-refractivity contribution < 1.29 is 14.2 Å². The van der Waals surface area contributed by atoms with Gasteiger partial charge >= 0.3 is 0 Å². The van der Waals surface area contributed by atoms with Crippen LogP contribution in [0.2, 0.25) is 0 Å². The maximum atomic E-state index is 12.4. The van der Waals surface area contributed by atoms with Crippen molar-refractivity contribution in [1.82, 2.24) is 4.98 Å². The zero-order valence-electron chi connectivity index (χ0n) is 16.4. The number of ether oxygens (including phenoxy) is 3. The molecule has 4 rings (SSSR count). The molecule has 0 unspecified atom stereocenters. The van der Waals surface area contributed by atoms with Gasteiger partial charge in [-0.25, -0.2) is 0 Å². The predicted octanol–water partition coefficient (Wildman–Crippen LogP) is 3.82. The molecule has 0 spiro atoms. The highest BCUT2D eigenvalue weighted by Crippen LogP contribution is 2.40. The number of fused-ring (bicyclic) bond motifs is 2. The summed E-state index contributed by atoms with van der Waals surface area (Å²) in [7, 11) is 3.98. The molecule has 0 aliphatic carbocycles. The monoisotopic (exact) mass is 380 g/mol. The fourth-order valence-corrected chi connectivity index (χ4v) is 3.36. The molecule has 0 atom stereocenters. The van der Waals surface area contributed by atoms with Gasteiger partial charge in [0.1, 0.15) is 19.0 Å². The molecule has 0 saturated heterocycles. The average Bonchev–Trinajstić information content (AvgIpc) is 2.70. The standard InChI is InChI=1S/C22H24N2O4/c1-4-7-26-19-10-14(24(2)3)5-6-15(19)16-12-22(25)23-18-13-21-20(11-17(16)18)27-8-9-28-21/h5-6,10-13H,4,7-9H2,1-3H3,(H,23,25). The third kappa shape index (κ3) is 3.38. The SMILES string of the molecule is CCCOc1cc(N(C)C)ccc1-c1cc(=O)[nH]c2cc3c(cc12)OCCO3. The van der Waals surface area contributed by atoms with E-state index in [-0.39, 0.29) is 5.56 Å². The highest BCUT2D eigenvalue weighted by molar-refractivity contribution is 5.98. The number of hydrogen-bond donors (Lipinski definition) is 1. The van der Waals surface area contributed by atoms with Crippen LogP contribution in [0.15, 0.2) is 41.2 Å². The molecular weight excluding hydrogens is 356 g/mol. The fraction of sp³-hybridized carbons (Fsp3) is 0.318. The second kappa shape index (κ2) is 7.46. The molecular formula is C22H24N2O4. The molecule has 0 saturated carbocycles. The van der Waals surface area contributed by atoms with E-state index < -0.39 is 0 Å². The molecule has 1 aliphatic heterocycles. The largest absolute Gasteiger partial charge is 0.493 e. The minimum atomic E-state index is -0.169. The molecule has 1 aromatic heterocycles. The van der Waals surface area contributed by atoms with Crippen LogP contribution in [0.3, 0.4) is 0 Å². The van der Waals surface area contributed by atoms with E-state index in [1.165, 1.54) is 0 Å². The molecule has 2 heterocycles. The Hall–Kier alpha value is -3.15. The van der Waals surface area contributed by atoms with Crippen molar-refractivity contribution in [2.75, 3.05) is 38.8 Å². The summed E-state index contributed by atoms with van der Waals surface area (Å²) in [6.07, 6.45) is 0.903. The first-order valence-electron chi connectivity index (χ1n) is 9.48. The van der Waals surface area contributed by atoms with Gasteiger partial charge < -0.3 is 24.1 Å². The molecule has 0 radical (unpaired) electrons. The molecule has 28 heavy (non-hydrogen) atoms. The number of benzene rings is 2. The van der Waals surface area contributed by atoms with Crippen molar-refractivity contribution >= 4 is 16.6 Å². The Morgan fingerprint density at radius 2 is 1.79 bits per heavy atom. The first-order chi connectivity index (χ1) is 13.6. The average molecular weight is 380 g/mol. The van der Waals surface area contributed by atoms with E-state index in [1.807, 2.05) is 49.3 Å². The Morgan fingerprint density at radius 1 is 1.04 bits per heavy atom. The number of H-pyrrole nitrogens is 1. The summed E-state index contributed by atoms with van der Waals surface area (Å²) >= 11 is 0. The Morgan fingerprint density at radius 3 is 2.50 bits per heavy atom. The molecule has 146 valence electrons. The van der Waals surface area contributed by atoms with Gasteiger partial charge in [-0.3, -0.25) is 4.79 Å². The van der Waals surface area contributed by atoms with E-state index in [4.69, 9.17) is 14.2 Å². The van der Waals surface area contributed by atoms with Crippen LogP contribution in [-0.2, 0) is 0 Å². The highest BCUT2D eigenvalue weighted by Gasteiger charge is 2.18. The van der Waals surface area contributed by atoms with Crippen molar-refractivity contribution in [2.45, 2.75) is 13.3 Å². The summed E-state index contributed by atoms with van der Waals surface area (Å²) in [6, 6.07) is 11.4. The van der Waals surface area contributed by atoms with Gasteiger partial charge in [-0.05, 0) is 24.6 Å². The Balaban J connectivity index is 1.94. The predicted molar refractivity (Wildman–Crippen MR) is 111 cm³/mol. The molecule has 1 aliphatic rings. The highest BCUT2D eigenvalue weighted by atomic mass is 16.6. The van der Waals surface area contributed by atoms with E-state index in [0.717, 1.165) is 34.4 Å². The van der Waals surface area contributed by atoms with Crippen molar-refractivity contribution in [3.05, 3.63) is 46.8 Å². The van der Waals surface area contributed by atoms with E-state index in [9.17, 15) is 4.79 Å². The first kappa shape index (κ1) is 18.2. The molecule has 0 fully saturated rings. The maximum absolute atomic E-state index is 12.4. The van der Waals surface area contributed by atoms with Gasteiger partial charge in [0.15, 0.2) is 11.5 Å². The van der Waals surface area contributed by atoms with Gasteiger partial charge in [-0.2, -0.15) is 0 Å². The summed E-state index contributed by atoms with van der Waals surface area (Å²) in [5.41, 5.74) is 3.28. The lowest BCUT2D eigenvalue weighted by molar-refractivity contribution is 0.172. The molecule has 6 heteroatoms. The lowest BCUT2D eigenvalue weighted by atomic mass is 9.99. The number of hydrogen-bond acceptors (Lipinski definition) is 5. The van der Waals surface area contributed by atoms with Crippen LogP contribution in [0.4, 0.5) is 5.69 Å². The zero-order valence-corrected chi connectivity index (χ0v) is 16.4. The van der Waals surface area contributed by atoms with Crippen LogP contribution >= 0.6 is 0 Å². The van der Waals surface area contributed by atoms with Gasteiger partial charge in [-0.15, -0.1) is 0 Å². The number of pyridine rings is 1. The van der Waals surface area contributed by atoms with Crippen molar-refractivity contribution in [3.63, 3.8) is 0 Å². The lowest BCUT2D eigenvalue weighted by Gasteiger charge is -2.20. The zero-order chi connectivity index (χ0) is 19.7. The summed E-state index contributed by atoms with van der Waals surface area (Å²) in [5, 5.41) is 0.891. The van der Waals surface area contributed by atoms with Gasteiger partial charge in [0.2, 0.25) is 5.56 Å². The minimum Gasteiger partial charge on any atom is -0.493 e. The number of anilines is 1. The van der Waals surface area contributed by atoms with Crippen LogP contribution in [0.25, 0.3) is 22.0 Å². The molecule has 0 amide bonds. The second-order valence-electron chi connectivity index (χ2n) is 7.01. The number of aromatic amines is 1. The fourth-order valence-electron chi connectivity index (χ4n) is 3.36. The van der Waals surface area contributed by atoms with Gasteiger partial charge in [-0.1, -0.05) is 6.92 Å². The number of nitrogens with one attached hydrogen (secondary N) is 1. The van der Waals surface area contributed by atoms with E-state index >= 15 is 0 Å². The van der Waals surface area contributed by atoms with E-state index in [1.54, 1.807) is 6.07 Å². The van der Waals surface area contributed by atoms with Crippen molar-refractivity contribution in [1.29, 1.82) is 0 Å². The molecule has 1 N–H and O–H groups in total. The molecule has 0 bridgehead atoms. The topological polar surface area (TPSA) is 63.8 Å². The Labute approximate surface area is 163 Å². The third-order valence-corrected chi connectivity index (χ3v) is 4.74. The van der Waals surface area contributed by atoms with Crippen LogP contribution in [0.5, 0.6) is 17.2 Å². The van der Waals surface area contributed by atoms with Crippen molar-refractivity contribution in [3.8, 4) is 28.4 Å². The van der Waals surface area contributed by atoms with Crippen LogP contribution in [0, 0.1) is 0 Å². The number of nitrogens with zero attached hydrogens (tertiary/aromatic N) is 1. The van der Waals surface area contributed by atoms with E-state index in [0.29, 0.717) is 36.8 Å². The van der Waals surface area contributed by atoms with Crippen molar-refractivity contribution in [2.24, 2.45) is 0 Å². The maximum Gasteiger partial charge on any atom is 0.249 e. The minimum absolute atomic E-state index is 0.169. The third-order valence-electron chi connectivity index (χ3n) is 4.74. The quantitative estimate of drug-likeness (QED) is 0.729. The van der Waals surface area contributed by atoms with Gasteiger partial charge in [0, 0.05) is 54.5 Å². The summed E-state index contributed by atoms with van der Waals surface area (Å²) in [5.74, 6) is 2.10. The first-order valence-corrected chi connectivity index (χ1v) is 9.48. The summed E-state index contributed by atoms with van der Waals surface area (Å²) < 4.78 is 17.4. The number of rotatable bonds is 5. The molecule has 3 aromatic rings. The Kier molecular flexibility index (Phi) is 4.86. The summed E-state index contributed by atoms with van der Waals surface area (Å²) in [6.45, 7) is 3.70. The smallest absolute Gasteiger partial charge is 0.249 e. The van der Waals surface area contributed by atoms with Crippen LogP contribution in [-0.4, -0.2) is 38.9 Å². The lowest BCUT2D eigenvalue weighted by Crippen LogP contribution is -2.15. The Bertz CT molecular complexity index is 1070. The van der Waals surface area contributed by atoms with Crippen LogP contribution < -0.4 is 24.7 Å².